The van der Waals surface area contributed by atoms with Crippen molar-refractivity contribution in [3.8, 4) is 0 Å². The van der Waals surface area contributed by atoms with Gasteiger partial charge < -0.3 is 10.5 Å². The summed E-state index contributed by atoms with van der Waals surface area (Å²) in [5.74, 6) is -0.275. The van der Waals surface area contributed by atoms with Crippen LogP contribution in [0.15, 0.2) is 18.3 Å². The molecule has 1 aromatic carbocycles. The number of hydrogen-bond donors (Lipinski definition) is 1. The van der Waals surface area contributed by atoms with Crippen molar-refractivity contribution in [1.82, 2.24) is 9.78 Å². The van der Waals surface area contributed by atoms with Crippen molar-refractivity contribution in [3.05, 3.63) is 29.7 Å². The lowest BCUT2D eigenvalue weighted by atomic mass is 10.1. The van der Waals surface area contributed by atoms with Gasteiger partial charge in [-0.15, -0.1) is 0 Å². The van der Waals surface area contributed by atoms with Gasteiger partial charge in [-0.05, 0) is 25.3 Å². The van der Waals surface area contributed by atoms with E-state index < -0.39 is 0 Å². The number of ether oxygens (including phenoxy) is 1. The summed E-state index contributed by atoms with van der Waals surface area (Å²) in [6.07, 6.45) is 4.80. The normalized spacial score (nSPS) is 20.4. The minimum Gasteiger partial charge on any atom is -0.356 e. The smallest absolute Gasteiger partial charge is 0.150 e. The molecule has 3 rings (SSSR count). The summed E-state index contributed by atoms with van der Waals surface area (Å²) < 4.78 is 21.2. The first-order chi connectivity index (χ1) is 8.79. The molecule has 0 amide bonds. The Morgan fingerprint density at radius 1 is 1.44 bits per heavy atom. The summed E-state index contributed by atoms with van der Waals surface area (Å²) in [4.78, 5) is 0. The van der Waals surface area contributed by atoms with Gasteiger partial charge in [0.15, 0.2) is 6.23 Å². The molecule has 0 bridgehead atoms. The fourth-order valence-corrected chi connectivity index (χ4v) is 2.42. The minimum absolute atomic E-state index is 0.0700. The number of benzene rings is 1. The number of nitrogens with two attached hydrogens (primary N) is 1. The Morgan fingerprint density at radius 2 is 2.33 bits per heavy atom. The van der Waals surface area contributed by atoms with Gasteiger partial charge >= 0.3 is 0 Å². The highest BCUT2D eigenvalue weighted by Crippen LogP contribution is 2.27. The van der Waals surface area contributed by atoms with E-state index in [1.54, 1.807) is 16.9 Å². The highest BCUT2D eigenvalue weighted by Gasteiger charge is 2.19. The second-order valence-electron chi connectivity index (χ2n) is 4.62. The van der Waals surface area contributed by atoms with Crippen LogP contribution in [0.1, 0.15) is 31.1 Å². The van der Waals surface area contributed by atoms with E-state index in [1.165, 1.54) is 6.07 Å². The topological polar surface area (TPSA) is 53.1 Å². The number of rotatable bonds is 2. The molecular formula is C13H16FN3O. The van der Waals surface area contributed by atoms with E-state index in [-0.39, 0.29) is 18.6 Å². The summed E-state index contributed by atoms with van der Waals surface area (Å²) in [6, 6.07) is 3.26. The monoisotopic (exact) mass is 249 g/mol. The van der Waals surface area contributed by atoms with Crippen molar-refractivity contribution in [2.75, 3.05) is 6.61 Å². The van der Waals surface area contributed by atoms with Crippen LogP contribution in [0.3, 0.4) is 0 Å². The van der Waals surface area contributed by atoms with Crippen molar-refractivity contribution >= 4 is 10.9 Å². The molecule has 1 fully saturated rings. The Balaban J connectivity index is 2.05. The SMILES string of the molecule is NCc1cc2cnn(C3CCCCO3)c2cc1F. The Morgan fingerprint density at radius 3 is 3.06 bits per heavy atom. The van der Waals surface area contributed by atoms with Crippen LogP contribution in [0.4, 0.5) is 4.39 Å². The average Bonchev–Trinajstić information content (AvgIpc) is 2.81. The van der Waals surface area contributed by atoms with E-state index in [9.17, 15) is 4.39 Å². The molecular weight excluding hydrogens is 233 g/mol. The third kappa shape index (κ3) is 1.89. The Labute approximate surface area is 105 Å². The second-order valence-corrected chi connectivity index (χ2v) is 4.62. The summed E-state index contributed by atoms with van der Waals surface area (Å²) in [6.45, 7) is 0.947. The van der Waals surface area contributed by atoms with Gasteiger partial charge in [-0.3, -0.25) is 0 Å². The van der Waals surface area contributed by atoms with Gasteiger partial charge in [0.1, 0.15) is 5.82 Å². The highest BCUT2D eigenvalue weighted by molar-refractivity contribution is 5.79. The molecule has 1 aliphatic heterocycles. The first-order valence-electron chi connectivity index (χ1n) is 6.27. The maximum atomic E-state index is 13.8. The zero-order valence-electron chi connectivity index (χ0n) is 10.1. The van der Waals surface area contributed by atoms with Crippen molar-refractivity contribution in [1.29, 1.82) is 0 Å². The molecule has 5 heteroatoms. The quantitative estimate of drug-likeness (QED) is 0.888. The van der Waals surface area contributed by atoms with Crippen LogP contribution < -0.4 is 5.73 Å². The van der Waals surface area contributed by atoms with Gasteiger partial charge in [0.2, 0.25) is 0 Å². The van der Waals surface area contributed by atoms with Gasteiger partial charge in [0, 0.05) is 30.2 Å². The minimum atomic E-state index is -0.275. The molecule has 1 aromatic heterocycles. The second kappa shape index (κ2) is 4.66. The third-order valence-corrected chi connectivity index (χ3v) is 3.41. The molecule has 2 N–H and O–H groups in total. The fraction of sp³-hybridized carbons (Fsp3) is 0.462. The Kier molecular flexibility index (Phi) is 3.01. The molecule has 1 aliphatic rings. The molecule has 2 aromatic rings. The zero-order valence-corrected chi connectivity index (χ0v) is 10.1. The van der Waals surface area contributed by atoms with Crippen LogP contribution in [-0.2, 0) is 11.3 Å². The molecule has 0 radical (unpaired) electrons. The van der Waals surface area contributed by atoms with E-state index in [1.807, 2.05) is 0 Å². The third-order valence-electron chi connectivity index (χ3n) is 3.41. The van der Waals surface area contributed by atoms with Gasteiger partial charge in [-0.1, -0.05) is 0 Å². The van der Waals surface area contributed by atoms with E-state index >= 15 is 0 Å². The summed E-state index contributed by atoms with van der Waals surface area (Å²) in [5.41, 5.74) is 6.79. The first kappa shape index (κ1) is 11.6. The molecule has 0 aliphatic carbocycles. The molecule has 1 atom stereocenters. The van der Waals surface area contributed by atoms with Gasteiger partial charge in [-0.25, -0.2) is 9.07 Å². The maximum absolute atomic E-state index is 13.8. The van der Waals surface area contributed by atoms with Gasteiger partial charge in [0.05, 0.1) is 11.7 Å². The number of hydrogen-bond acceptors (Lipinski definition) is 3. The molecule has 18 heavy (non-hydrogen) atoms. The first-order valence-corrected chi connectivity index (χ1v) is 6.27. The lowest BCUT2D eigenvalue weighted by Gasteiger charge is -2.23. The highest BCUT2D eigenvalue weighted by atomic mass is 19.1. The lowest BCUT2D eigenvalue weighted by Crippen LogP contribution is -2.19. The molecule has 0 spiro atoms. The van der Waals surface area contributed by atoms with Crippen molar-refractivity contribution in [2.45, 2.75) is 32.0 Å². The largest absolute Gasteiger partial charge is 0.356 e. The fourth-order valence-electron chi connectivity index (χ4n) is 2.42. The molecule has 1 saturated heterocycles. The van der Waals surface area contributed by atoms with Crippen LogP contribution in [0, 0.1) is 5.82 Å². The van der Waals surface area contributed by atoms with Gasteiger partial charge in [0.25, 0.3) is 0 Å². The van der Waals surface area contributed by atoms with E-state index in [2.05, 4.69) is 5.10 Å². The lowest BCUT2D eigenvalue weighted by molar-refractivity contribution is -0.0366. The van der Waals surface area contributed by atoms with E-state index in [0.29, 0.717) is 5.56 Å². The van der Waals surface area contributed by atoms with Gasteiger partial charge in [-0.2, -0.15) is 5.10 Å². The number of aromatic nitrogens is 2. The summed E-state index contributed by atoms with van der Waals surface area (Å²) in [5, 5.41) is 5.23. The molecule has 1 unspecified atom stereocenters. The van der Waals surface area contributed by atoms with Crippen LogP contribution in [0.25, 0.3) is 10.9 Å². The van der Waals surface area contributed by atoms with E-state index in [4.69, 9.17) is 10.5 Å². The van der Waals surface area contributed by atoms with E-state index in [0.717, 1.165) is 36.8 Å². The molecule has 4 nitrogen and oxygen atoms in total. The van der Waals surface area contributed by atoms with Crippen LogP contribution >= 0.6 is 0 Å². The standard InChI is InChI=1S/C13H16FN3O/c14-11-6-12-10(5-9(11)7-15)8-16-17(12)13-3-1-2-4-18-13/h5-6,8,13H,1-4,7,15H2. The molecule has 2 heterocycles. The van der Waals surface area contributed by atoms with Crippen molar-refractivity contribution < 1.29 is 9.13 Å². The zero-order chi connectivity index (χ0) is 12.5. The average molecular weight is 249 g/mol. The Hall–Kier alpha value is -1.46. The van der Waals surface area contributed by atoms with Crippen LogP contribution in [0.5, 0.6) is 0 Å². The van der Waals surface area contributed by atoms with Crippen molar-refractivity contribution in [3.63, 3.8) is 0 Å². The predicted octanol–water partition coefficient (Wildman–Crippen LogP) is 2.33. The number of nitrogens with zero attached hydrogens (tertiary/aromatic N) is 2. The number of fused-ring (bicyclic) bond motifs is 1. The molecule has 0 saturated carbocycles. The summed E-state index contributed by atoms with van der Waals surface area (Å²) >= 11 is 0. The van der Waals surface area contributed by atoms with Crippen LogP contribution in [0.2, 0.25) is 0 Å². The summed E-state index contributed by atoms with van der Waals surface area (Å²) in [7, 11) is 0. The maximum Gasteiger partial charge on any atom is 0.150 e. The predicted molar refractivity (Wildman–Crippen MR) is 66.4 cm³/mol. The molecule has 96 valence electrons. The Bertz CT molecular complexity index is 561. The van der Waals surface area contributed by atoms with Crippen LogP contribution in [-0.4, -0.2) is 16.4 Å². The number of halogens is 1. The van der Waals surface area contributed by atoms with Crippen molar-refractivity contribution in [2.24, 2.45) is 5.73 Å².